The standard InChI is InChI=1S/C16H20N2OS/c1-2-10-17-13-4-3-5-14-15(13)20-16(18-14)11-6-8-12(19)9-7-11/h6-9,13,17,19H,2-5,10H2,1H3. The highest BCUT2D eigenvalue weighted by Gasteiger charge is 2.24. The smallest absolute Gasteiger partial charge is 0.123 e. The van der Waals surface area contributed by atoms with Crippen LogP contribution < -0.4 is 5.32 Å². The van der Waals surface area contributed by atoms with E-state index in [-0.39, 0.29) is 0 Å². The fourth-order valence-electron chi connectivity index (χ4n) is 2.66. The van der Waals surface area contributed by atoms with Gasteiger partial charge in [0, 0.05) is 16.5 Å². The fraction of sp³-hybridized carbons (Fsp3) is 0.438. The number of benzene rings is 1. The Hall–Kier alpha value is -1.39. The van der Waals surface area contributed by atoms with Gasteiger partial charge in [0.05, 0.1) is 5.69 Å². The van der Waals surface area contributed by atoms with E-state index in [1.165, 1.54) is 23.4 Å². The molecular formula is C16H20N2OS. The third-order valence-electron chi connectivity index (χ3n) is 3.71. The van der Waals surface area contributed by atoms with Crippen LogP contribution in [-0.2, 0) is 6.42 Å². The number of phenols is 1. The molecule has 2 aromatic rings. The summed E-state index contributed by atoms with van der Waals surface area (Å²) < 4.78 is 0. The van der Waals surface area contributed by atoms with Crippen LogP contribution in [-0.4, -0.2) is 16.6 Å². The van der Waals surface area contributed by atoms with E-state index in [2.05, 4.69) is 12.2 Å². The molecule has 1 aliphatic carbocycles. The molecule has 1 unspecified atom stereocenters. The first-order valence-electron chi connectivity index (χ1n) is 7.30. The molecule has 0 saturated carbocycles. The average Bonchev–Trinajstić information content (AvgIpc) is 2.90. The lowest BCUT2D eigenvalue weighted by Gasteiger charge is -2.22. The van der Waals surface area contributed by atoms with Gasteiger partial charge in [-0.05, 0) is 56.5 Å². The summed E-state index contributed by atoms with van der Waals surface area (Å²) in [5.41, 5.74) is 2.36. The van der Waals surface area contributed by atoms with Gasteiger partial charge in [-0.3, -0.25) is 0 Å². The van der Waals surface area contributed by atoms with Gasteiger partial charge in [0.15, 0.2) is 0 Å². The first-order valence-corrected chi connectivity index (χ1v) is 8.12. The summed E-state index contributed by atoms with van der Waals surface area (Å²) in [7, 11) is 0. The number of rotatable bonds is 4. The Bertz CT molecular complexity index is 577. The average molecular weight is 288 g/mol. The summed E-state index contributed by atoms with van der Waals surface area (Å²) in [5.74, 6) is 0.303. The second kappa shape index (κ2) is 5.94. The summed E-state index contributed by atoms with van der Waals surface area (Å²) in [4.78, 5) is 6.22. The Morgan fingerprint density at radius 3 is 2.90 bits per heavy atom. The van der Waals surface area contributed by atoms with E-state index in [9.17, 15) is 5.11 Å². The highest BCUT2D eigenvalue weighted by molar-refractivity contribution is 7.15. The largest absolute Gasteiger partial charge is 0.508 e. The molecule has 1 aliphatic rings. The monoisotopic (exact) mass is 288 g/mol. The van der Waals surface area contributed by atoms with Gasteiger partial charge in [-0.1, -0.05) is 6.92 Å². The van der Waals surface area contributed by atoms with E-state index in [0.717, 1.165) is 30.0 Å². The third kappa shape index (κ3) is 2.72. The van der Waals surface area contributed by atoms with Crippen molar-refractivity contribution in [2.24, 2.45) is 0 Å². The second-order valence-corrected chi connectivity index (χ2v) is 6.31. The summed E-state index contributed by atoms with van der Waals surface area (Å²) in [6.45, 7) is 3.27. The number of hydrogen-bond acceptors (Lipinski definition) is 4. The zero-order valence-electron chi connectivity index (χ0n) is 11.7. The third-order valence-corrected chi connectivity index (χ3v) is 4.97. The van der Waals surface area contributed by atoms with Crippen LogP contribution in [0.5, 0.6) is 5.75 Å². The molecule has 0 radical (unpaired) electrons. The van der Waals surface area contributed by atoms with E-state index < -0.39 is 0 Å². The highest BCUT2D eigenvalue weighted by atomic mass is 32.1. The van der Waals surface area contributed by atoms with Gasteiger partial charge in [-0.15, -0.1) is 11.3 Å². The first-order chi connectivity index (χ1) is 9.78. The van der Waals surface area contributed by atoms with Crippen LogP contribution in [0.15, 0.2) is 24.3 Å². The maximum Gasteiger partial charge on any atom is 0.123 e. The Balaban J connectivity index is 1.88. The van der Waals surface area contributed by atoms with Crippen LogP contribution >= 0.6 is 11.3 Å². The van der Waals surface area contributed by atoms with Crippen LogP contribution in [0.4, 0.5) is 0 Å². The Morgan fingerprint density at radius 1 is 1.35 bits per heavy atom. The molecule has 1 heterocycles. The SMILES string of the molecule is CCCNC1CCCc2nc(-c3ccc(O)cc3)sc21. The Kier molecular flexibility index (Phi) is 4.03. The molecule has 3 rings (SSSR count). The maximum atomic E-state index is 9.38. The number of fused-ring (bicyclic) bond motifs is 1. The van der Waals surface area contributed by atoms with Crippen molar-refractivity contribution in [1.29, 1.82) is 0 Å². The molecule has 1 aromatic carbocycles. The number of aromatic nitrogens is 1. The van der Waals surface area contributed by atoms with Gasteiger partial charge in [0.1, 0.15) is 10.8 Å². The molecule has 3 nitrogen and oxygen atoms in total. The van der Waals surface area contributed by atoms with E-state index >= 15 is 0 Å². The Morgan fingerprint density at radius 2 is 2.15 bits per heavy atom. The predicted molar refractivity (Wildman–Crippen MR) is 83.2 cm³/mol. The second-order valence-electron chi connectivity index (χ2n) is 5.28. The zero-order chi connectivity index (χ0) is 13.9. The number of nitrogens with zero attached hydrogens (tertiary/aromatic N) is 1. The maximum absolute atomic E-state index is 9.38. The zero-order valence-corrected chi connectivity index (χ0v) is 12.5. The lowest BCUT2D eigenvalue weighted by molar-refractivity contribution is 0.465. The molecule has 106 valence electrons. The number of aryl methyl sites for hydroxylation is 1. The molecule has 0 saturated heterocycles. The molecule has 0 aliphatic heterocycles. The fourth-order valence-corrected chi connectivity index (χ4v) is 3.89. The van der Waals surface area contributed by atoms with Gasteiger partial charge in [0.25, 0.3) is 0 Å². The lowest BCUT2D eigenvalue weighted by Crippen LogP contribution is -2.24. The van der Waals surface area contributed by atoms with Crippen molar-refractivity contribution >= 4 is 11.3 Å². The summed E-state index contributed by atoms with van der Waals surface area (Å²) in [6.07, 6.45) is 4.68. The molecule has 2 N–H and O–H groups in total. The molecule has 4 heteroatoms. The molecule has 0 amide bonds. The molecule has 20 heavy (non-hydrogen) atoms. The van der Waals surface area contributed by atoms with E-state index in [1.54, 1.807) is 23.5 Å². The molecular weight excluding hydrogens is 268 g/mol. The minimum Gasteiger partial charge on any atom is -0.508 e. The molecule has 0 fully saturated rings. The van der Waals surface area contributed by atoms with Crippen LogP contribution in [0.2, 0.25) is 0 Å². The number of phenolic OH excluding ortho intramolecular Hbond substituents is 1. The van der Waals surface area contributed by atoms with Crippen molar-refractivity contribution in [2.45, 2.75) is 38.6 Å². The lowest BCUT2D eigenvalue weighted by atomic mass is 9.98. The van der Waals surface area contributed by atoms with Crippen LogP contribution in [0.3, 0.4) is 0 Å². The normalized spacial score (nSPS) is 17.9. The minimum atomic E-state index is 0.303. The first kappa shape index (κ1) is 13.6. The number of nitrogens with one attached hydrogen (secondary N) is 1. The van der Waals surface area contributed by atoms with Gasteiger partial charge in [-0.2, -0.15) is 0 Å². The van der Waals surface area contributed by atoms with Crippen LogP contribution in [0, 0.1) is 0 Å². The van der Waals surface area contributed by atoms with E-state index in [4.69, 9.17) is 4.98 Å². The quantitative estimate of drug-likeness (QED) is 0.897. The predicted octanol–water partition coefficient (Wildman–Crippen LogP) is 3.89. The number of thiazole rings is 1. The van der Waals surface area contributed by atoms with Gasteiger partial charge in [-0.25, -0.2) is 4.98 Å². The number of aromatic hydroxyl groups is 1. The van der Waals surface area contributed by atoms with Crippen LogP contribution in [0.1, 0.15) is 42.8 Å². The topological polar surface area (TPSA) is 45.2 Å². The molecule has 0 spiro atoms. The van der Waals surface area contributed by atoms with E-state index in [0.29, 0.717) is 11.8 Å². The van der Waals surface area contributed by atoms with Crippen molar-refractivity contribution < 1.29 is 5.11 Å². The van der Waals surface area contributed by atoms with Gasteiger partial charge in [0.2, 0.25) is 0 Å². The minimum absolute atomic E-state index is 0.303. The van der Waals surface area contributed by atoms with Crippen molar-refractivity contribution in [3.05, 3.63) is 34.8 Å². The van der Waals surface area contributed by atoms with E-state index in [1.807, 2.05) is 12.1 Å². The van der Waals surface area contributed by atoms with Crippen molar-refractivity contribution in [3.63, 3.8) is 0 Å². The molecule has 1 atom stereocenters. The molecule has 0 bridgehead atoms. The van der Waals surface area contributed by atoms with Crippen LogP contribution in [0.25, 0.3) is 10.6 Å². The van der Waals surface area contributed by atoms with Crippen molar-refractivity contribution in [2.75, 3.05) is 6.54 Å². The van der Waals surface area contributed by atoms with Gasteiger partial charge < -0.3 is 10.4 Å². The summed E-state index contributed by atoms with van der Waals surface area (Å²) >= 11 is 1.80. The summed E-state index contributed by atoms with van der Waals surface area (Å²) in [6, 6.07) is 7.80. The molecule has 1 aromatic heterocycles. The highest BCUT2D eigenvalue weighted by Crippen LogP contribution is 2.38. The Labute approximate surface area is 123 Å². The summed E-state index contributed by atoms with van der Waals surface area (Å²) in [5, 5.41) is 14.1. The number of hydrogen-bond donors (Lipinski definition) is 2. The van der Waals surface area contributed by atoms with Gasteiger partial charge >= 0.3 is 0 Å². The van der Waals surface area contributed by atoms with Crippen molar-refractivity contribution in [3.8, 4) is 16.3 Å². The van der Waals surface area contributed by atoms with Crippen molar-refractivity contribution in [1.82, 2.24) is 10.3 Å².